The van der Waals surface area contributed by atoms with Gasteiger partial charge in [0.1, 0.15) is 23.1 Å². The molecular formula is C26H26ClFN4O2. The number of allylic oxidation sites excluding steroid dienone is 2. The molecule has 0 bridgehead atoms. The van der Waals surface area contributed by atoms with Gasteiger partial charge in [0.2, 0.25) is 0 Å². The zero-order valence-corrected chi connectivity index (χ0v) is 20.0. The van der Waals surface area contributed by atoms with Crippen molar-refractivity contribution in [1.82, 2.24) is 9.97 Å². The van der Waals surface area contributed by atoms with Crippen LogP contribution in [0.15, 0.2) is 70.3 Å². The van der Waals surface area contributed by atoms with Gasteiger partial charge in [0.15, 0.2) is 0 Å². The van der Waals surface area contributed by atoms with Crippen LogP contribution in [-0.2, 0) is 15.9 Å². The van der Waals surface area contributed by atoms with Crippen molar-refractivity contribution in [3.63, 3.8) is 0 Å². The zero-order valence-electron chi connectivity index (χ0n) is 19.2. The number of nitrogens with zero attached hydrogens (tertiary/aromatic N) is 4. The van der Waals surface area contributed by atoms with Gasteiger partial charge >= 0.3 is 0 Å². The number of benzene rings is 2. The minimum Gasteiger partial charge on any atom is -0.497 e. The van der Waals surface area contributed by atoms with Crippen LogP contribution in [0.1, 0.15) is 12.5 Å². The van der Waals surface area contributed by atoms with E-state index >= 15 is 0 Å². The average molecular weight is 481 g/mol. The molecule has 0 amide bonds. The Balaban J connectivity index is 1.70. The maximum atomic E-state index is 15.0. The first-order valence-electron chi connectivity index (χ1n) is 10.9. The second-order valence-corrected chi connectivity index (χ2v) is 8.38. The molecule has 2 heterocycles. The molecule has 0 N–H and O–H groups in total. The molecule has 1 aliphatic rings. The number of hydrogen-bond donors (Lipinski definition) is 0. The molecule has 3 aromatic rings. The third kappa shape index (κ3) is 5.26. The molecule has 0 unspecified atom stereocenters. The number of ether oxygens (including phenoxy) is 2. The quantitative estimate of drug-likeness (QED) is 0.193. The SMILES string of the molecule is C=N/C(Cl)=C\C(OC)=C(/C)Cc1ccc(F)c(-c2ncnc3cc(N4CCOCC4)ccc23)c1. The number of halogens is 2. The molecule has 8 heteroatoms. The molecule has 34 heavy (non-hydrogen) atoms. The molecule has 1 fully saturated rings. The zero-order chi connectivity index (χ0) is 24.1. The molecule has 176 valence electrons. The summed E-state index contributed by atoms with van der Waals surface area (Å²) in [4.78, 5) is 14.8. The predicted molar refractivity (Wildman–Crippen MR) is 135 cm³/mol. The van der Waals surface area contributed by atoms with Gasteiger partial charge in [-0.2, -0.15) is 0 Å². The second-order valence-electron chi connectivity index (χ2n) is 7.99. The number of hydrogen-bond acceptors (Lipinski definition) is 6. The Morgan fingerprint density at radius 2 is 2.03 bits per heavy atom. The lowest BCUT2D eigenvalue weighted by atomic mass is 9.99. The normalized spacial score (nSPS) is 15.3. The highest BCUT2D eigenvalue weighted by Crippen LogP contribution is 2.31. The molecule has 0 aliphatic carbocycles. The van der Waals surface area contributed by atoms with E-state index in [0.717, 1.165) is 40.8 Å². The van der Waals surface area contributed by atoms with Crippen molar-refractivity contribution < 1.29 is 13.9 Å². The Labute approximate surface area is 203 Å². The number of methoxy groups -OCH3 is 1. The minimum absolute atomic E-state index is 0.236. The van der Waals surface area contributed by atoms with Gasteiger partial charge in [-0.3, -0.25) is 4.99 Å². The lowest BCUT2D eigenvalue weighted by Gasteiger charge is -2.29. The van der Waals surface area contributed by atoms with Gasteiger partial charge in [0.05, 0.1) is 31.5 Å². The maximum Gasteiger partial charge on any atom is 0.132 e. The minimum atomic E-state index is -0.339. The highest BCUT2D eigenvalue weighted by atomic mass is 35.5. The van der Waals surface area contributed by atoms with Gasteiger partial charge in [-0.05, 0) is 61.5 Å². The summed E-state index contributed by atoms with van der Waals surface area (Å²) in [6, 6.07) is 11.1. The highest BCUT2D eigenvalue weighted by Gasteiger charge is 2.16. The fourth-order valence-corrected chi connectivity index (χ4v) is 4.14. The number of aliphatic imine (C=N–C) groups is 1. The fraction of sp³-hybridized carbons (Fsp3) is 0.269. The average Bonchev–Trinajstić information content (AvgIpc) is 2.88. The smallest absolute Gasteiger partial charge is 0.132 e. The molecule has 0 saturated carbocycles. The summed E-state index contributed by atoms with van der Waals surface area (Å²) in [5.74, 6) is 0.250. The van der Waals surface area contributed by atoms with Gasteiger partial charge < -0.3 is 14.4 Å². The van der Waals surface area contributed by atoms with Gasteiger partial charge in [0, 0.05) is 35.8 Å². The molecule has 0 atom stereocenters. The summed E-state index contributed by atoms with van der Waals surface area (Å²) in [6.07, 6.45) is 3.63. The van der Waals surface area contributed by atoms with Crippen molar-refractivity contribution in [2.75, 3.05) is 38.3 Å². The Kier molecular flexibility index (Phi) is 7.55. The number of aromatic nitrogens is 2. The van der Waals surface area contributed by atoms with E-state index in [4.69, 9.17) is 21.1 Å². The van der Waals surface area contributed by atoms with Crippen LogP contribution in [0.4, 0.5) is 10.1 Å². The molecule has 1 aliphatic heterocycles. The van der Waals surface area contributed by atoms with Gasteiger partial charge in [-0.15, -0.1) is 0 Å². The second kappa shape index (κ2) is 10.8. The lowest BCUT2D eigenvalue weighted by molar-refractivity contribution is 0.122. The topological polar surface area (TPSA) is 59.8 Å². The Morgan fingerprint density at radius 1 is 1.24 bits per heavy atom. The van der Waals surface area contributed by atoms with Crippen LogP contribution in [0.3, 0.4) is 0 Å². The lowest BCUT2D eigenvalue weighted by Crippen LogP contribution is -2.36. The van der Waals surface area contributed by atoms with E-state index in [1.165, 1.54) is 12.4 Å². The Morgan fingerprint density at radius 3 is 2.76 bits per heavy atom. The van der Waals surface area contributed by atoms with Crippen molar-refractivity contribution in [3.8, 4) is 11.3 Å². The van der Waals surface area contributed by atoms with E-state index in [1.54, 1.807) is 19.3 Å². The van der Waals surface area contributed by atoms with E-state index < -0.39 is 0 Å². The molecular weight excluding hydrogens is 455 g/mol. The van der Waals surface area contributed by atoms with E-state index in [9.17, 15) is 4.39 Å². The third-order valence-corrected chi connectivity index (χ3v) is 6.02. The van der Waals surface area contributed by atoms with Gasteiger partial charge in [0.25, 0.3) is 0 Å². The Hall–Kier alpha value is -3.29. The first-order chi connectivity index (χ1) is 16.5. The standard InChI is InChI=1S/C26H26ClFN4O2/c1-17(24(33-3)15-25(27)29-2)12-18-4-7-22(28)21(13-18)26-20-6-5-19(14-23(20)30-16-31-26)32-8-10-34-11-9-32/h4-7,13-16H,2,8-12H2,1,3H3/b24-17-,25-15-. The van der Waals surface area contributed by atoms with Crippen LogP contribution >= 0.6 is 11.6 Å². The third-order valence-electron chi connectivity index (χ3n) is 5.79. The maximum absolute atomic E-state index is 15.0. The van der Waals surface area contributed by atoms with Crippen LogP contribution in [0.2, 0.25) is 0 Å². The summed E-state index contributed by atoms with van der Waals surface area (Å²) >= 11 is 5.97. The van der Waals surface area contributed by atoms with Crippen LogP contribution < -0.4 is 4.90 Å². The molecule has 4 rings (SSSR count). The van der Waals surface area contributed by atoms with Crippen molar-refractivity contribution >= 4 is 34.9 Å². The summed E-state index contributed by atoms with van der Waals surface area (Å²) in [7, 11) is 1.57. The summed E-state index contributed by atoms with van der Waals surface area (Å²) < 4.78 is 25.9. The monoisotopic (exact) mass is 480 g/mol. The fourth-order valence-electron chi connectivity index (χ4n) is 4.05. The summed E-state index contributed by atoms with van der Waals surface area (Å²) in [6.45, 7) is 8.42. The van der Waals surface area contributed by atoms with Crippen molar-refractivity contribution in [2.24, 2.45) is 4.99 Å². The molecule has 0 spiro atoms. The molecule has 0 radical (unpaired) electrons. The molecule has 1 aromatic heterocycles. The van der Waals surface area contributed by atoms with Crippen molar-refractivity contribution in [1.29, 1.82) is 0 Å². The van der Waals surface area contributed by atoms with E-state index in [0.29, 0.717) is 36.7 Å². The predicted octanol–water partition coefficient (Wildman–Crippen LogP) is 5.52. The number of anilines is 1. The van der Waals surface area contributed by atoms with Crippen molar-refractivity contribution in [3.05, 3.63) is 76.7 Å². The van der Waals surface area contributed by atoms with Crippen LogP contribution in [0.25, 0.3) is 22.2 Å². The highest BCUT2D eigenvalue weighted by molar-refractivity contribution is 6.29. The summed E-state index contributed by atoms with van der Waals surface area (Å²) in [5.41, 5.74) is 4.67. The van der Waals surface area contributed by atoms with Crippen molar-refractivity contribution in [2.45, 2.75) is 13.3 Å². The molecule has 6 nitrogen and oxygen atoms in total. The van der Waals surface area contributed by atoms with E-state index in [-0.39, 0.29) is 11.0 Å². The van der Waals surface area contributed by atoms with Gasteiger partial charge in [-0.25, -0.2) is 14.4 Å². The van der Waals surface area contributed by atoms with E-state index in [1.807, 2.05) is 31.2 Å². The molecule has 1 saturated heterocycles. The van der Waals surface area contributed by atoms with Gasteiger partial charge in [-0.1, -0.05) is 17.7 Å². The number of rotatable bonds is 7. The number of morpholine rings is 1. The van der Waals surface area contributed by atoms with Crippen LogP contribution in [-0.4, -0.2) is 50.1 Å². The first-order valence-corrected chi connectivity index (χ1v) is 11.3. The summed E-state index contributed by atoms with van der Waals surface area (Å²) in [5, 5.41) is 1.03. The van der Waals surface area contributed by atoms with E-state index in [2.05, 4.69) is 26.6 Å². The van der Waals surface area contributed by atoms with Crippen LogP contribution in [0.5, 0.6) is 0 Å². The van der Waals surface area contributed by atoms with Crippen LogP contribution in [0, 0.1) is 5.82 Å². The largest absolute Gasteiger partial charge is 0.497 e. The first kappa shape index (κ1) is 23.9. The molecule has 2 aromatic carbocycles. The Bertz CT molecular complexity index is 1270. The number of fused-ring (bicyclic) bond motifs is 1.